The summed E-state index contributed by atoms with van der Waals surface area (Å²) in [5.74, 6) is -1.29. The molecule has 2 radical (unpaired) electrons. The summed E-state index contributed by atoms with van der Waals surface area (Å²) in [6, 6.07) is 51.3. The molecule has 0 bridgehead atoms. The number of halogens is 4. The quantitative estimate of drug-likeness (QED) is 0.0432. The number of ether oxygens (including phenoxy) is 4. The minimum Gasteiger partial charge on any atom is -0.477 e. The fourth-order valence-electron chi connectivity index (χ4n) is 7.19. The van der Waals surface area contributed by atoms with Crippen molar-refractivity contribution in [3.8, 4) is 39.8 Å². The van der Waals surface area contributed by atoms with E-state index in [2.05, 4.69) is 78.1 Å². The molecule has 0 saturated heterocycles. The SMILES string of the molecule is COC(O)CC(O)OC.COC(O)CC(O)OC.Cc1nc2ccccc2nc1-c1[c-]cc(C#N)cc1.Cc1nc2ccccc2nc1-c1[c-]cc(C(F)(F)F)cc1.Cc1nc2ccccc2nc1-c1[c-]cc(F)cc1.O=C(O)c1ccccn1.[Ir].[Ir].[Pt]. The number of carbonyl (C=O) groups is 1. The van der Waals surface area contributed by atoms with Crippen molar-refractivity contribution in [1.82, 2.24) is 34.9 Å². The number of para-hydroxylation sites is 6. The van der Waals surface area contributed by atoms with Gasteiger partial charge in [-0.15, -0.1) is 89.5 Å². The number of methoxy groups -OCH3 is 4. The Hall–Kier alpha value is -7.16. The Morgan fingerprint density at radius 2 is 0.864 bits per heavy atom. The van der Waals surface area contributed by atoms with Crippen LogP contribution in [0.15, 0.2) is 152 Å². The number of nitriles is 1. The summed E-state index contributed by atoms with van der Waals surface area (Å²) < 4.78 is 68.3. The molecule has 4 heterocycles. The van der Waals surface area contributed by atoms with E-state index < -0.39 is 42.9 Å². The fraction of sp³-hybridized carbons (Fsp3) is 0.222. The zero-order valence-corrected chi connectivity index (χ0v) is 55.1. The first-order valence-electron chi connectivity index (χ1n) is 25.5. The van der Waals surface area contributed by atoms with Crippen LogP contribution in [0.5, 0.6) is 0 Å². The Balaban J connectivity index is 0.000000371. The summed E-state index contributed by atoms with van der Waals surface area (Å²) in [7, 11) is 5.42. The third-order valence-electron chi connectivity index (χ3n) is 11.6. The van der Waals surface area contributed by atoms with Gasteiger partial charge in [-0.05, 0) is 80.4 Å². The number of aromatic carboxylic acids is 1. The number of aryl methyl sites for hydroxylation is 3. The van der Waals surface area contributed by atoms with Crippen LogP contribution in [0.25, 0.3) is 66.9 Å². The average molecular weight is 1740 g/mol. The number of aliphatic hydroxyl groups excluding tert-OH is 4. The van der Waals surface area contributed by atoms with Crippen LogP contribution in [0.1, 0.15) is 51.5 Å². The monoisotopic (exact) mass is 1740 g/mol. The van der Waals surface area contributed by atoms with E-state index in [9.17, 15) is 22.4 Å². The van der Waals surface area contributed by atoms with Gasteiger partial charge in [0.1, 0.15) is 5.69 Å². The minimum absolute atomic E-state index is 0. The van der Waals surface area contributed by atoms with Crippen LogP contribution in [0.2, 0.25) is 0 Å². The van der Waals surface area contributed by atoms with Crippen molar-refractivity contribution in [2.75, 3.05) is 28.4 Å². The first kappa shape index (κ1) is 76.9. The second-order valence-electron chi connectivity index (χ2n) is 17.7. The molecule has 5 N–H and O–H groups in total. The van der Waals surface area contributed by atoms with Crippen molar-refractivity contribution >= 4 is 39.1 Å². The predicted molar refractivity (Wildman–Crippen MR) is 308 cm³/mol. The second-order valence-corrected chi connectivity index (χ2v) is 17.7. The third kappa shape index (κ3) is 24.4. The molecule has 0 aliphatic rings. The first-order chi connectivity index (χ1) is 40.7. The molecule has 470 valence electrons. The van der Waals surface area contributed by atoms with E-state index in [1.165, 1.54) is 58.9 Å². The van der Waals surface area contributed by atoms with Gasteiger partial charge in [-0.25, -0.2) is 15.0 Å². The number of benzene rings is 6. The Bertz CT molecular complexity index is 3720. The molecule has 4 aromatic heterocycles. The second kappa shape index (κ2) is 39.0. The Morgan fingerprint density at radius 3 is 1.12 bits per heavy atom. The number of carboxylic acid groups (broad SMARTS) is 1. The molecule has 10 rings (SSSR count). The van der Waals surface area contributed by atoms with Gasteiger partial charge in [0.25, 0.3) is 0 Å². The Labute approximate surface area is 546 Å². The van der Waals surface area contributed by atoms with Gasteiger partial charge in [0.2, 0.25) is 0 Å². The van der Waals surface area contributed by atoms with Gasteiger partial charge < -0.3 is 44.5 Å². The van der Waals surface area contributed by atoms with E-state index in [1.807, 2.05) is 92.7 Å². The summed E-state index contributed by atoms with van der Waals surface area (Å²) in [5, 5.41) is 51.9. The molecule has 0 aliphatic heterocycles. The molecule has 0 spiro atoms. The standard InChI is InChI=1S/C16H10F3N2.C16H10N3.C15H10FN2.C6H5NO2.2C5H12O4.2Ir.Pt/c1-10-15(21-14-5-3-2-4-13(14)20-10)11-6-8-12(9-7-11)16(17,18)19;1-11-16(13-8-6-12(10-17)7-9-13)19-15-5-3-2-4-14(15)18-11;1-10-15(11-6-8-12(16)9-7-11)18-14-5-3-2-4-13(14)17-10;8-6(9)5-3-1-2-4-7-5;2*1-8-4(6)3-5(7)9-2;;;/h2-6,8-9H,1H3;2-8H,1H3;2-6,8-9H,1H3;1-4H,(H,8,9);2*4-7H,3H2,1-2H3;;;/q3*-1;;;;;;. The third-order valence-corrected chi connectivity index (χ3v) is 11.6. The van der Waals surface area contributed by atoms with E-state index in [0.29, 0.717) is 28.0 Å². The van der Waals surface area contributed by atoms with E-state index in [-0.39, 0.29) is 85.6 Å². The molecule has 0 aliphatic carbocycles. The largest absolute Gasteiger partial charge is 0.477 e. The van der Waals surface area contributed by atoms with Gasteiger partial charge in [0, 0.05) is 155 Å². The van der Waals surface area contributed by atoms with Gasteiger partial charge in [-0.3, -0.25) is 34.3 Å². The minimum atomic E-state index is -4.36. The molecular formula is C63H59F4Ir2N8O10Pt-3. The van der Waals surface area contributed by atoms with Crippen molar-refractivity contribution in [3.63, 3.8) is 0 Å². The van der Waals surface area contributed by atoms with Crippen LogP contribution in [-0.2, 0) is 86.4 Å². The van der Waals surface area contributed by atoms with Crippen LogP contribution >= 0.6 is 0 Å². The fourth-order valence-corrected chi connectivity index (χ4v) is 7.19. The number of pyridine rings is 1. The van der Waals surface area contributed by atoms with E-state index in [0.717, 1.165) is 73.6 Å². The summed E-state index contributed by atoms with van der Waals surface area (Å²) in [6.45, 7) is 5.60. The van der Waals surface area contributed by atoms with Gasteiger partial charge in [-0.2, -0.15) is 13.2 Å². The van der Waals surface area contributed by atoms with Crippen LogP contribution in [0, 0.1) is 56.1 Å². The summed E-state index contributed by atoms with van der Waals surface area (Å²) in [4.78, 5) is 40.8. The molecule has 6 aromatic carbocycles. The molecule has 88 heavy (non-hydrogen) atoms. The molecule has 25 heteroatoms. The smallest absolute Gasteiger partial charge is 0.381 e. The Morgan fingerprint density at radius 1 is 0.523 bits per heavy atom. The number of aromatic nitrogens is 7. The molecule has 4 atom stereocenters. The summed E-state index contributed by atoms with van der Waals surface area (Å²) in [6.07, 6.45) is -6.54. The normalized spacial score (nSPS) is 11.7. The molecule has 0 saturated carbocycles. The van der Waals surface area contributed by atoms with Crippen LogP contribution < -0.4 is 0 Å². The van der Waals surface area contributed by atoms with Crippen molar-refractivity contribution in [2.24, 2.45) is 0 Å². The van der Waals surface area contributed by atoms with Crippen molar-refractivity contribution in [2.45, 2.75) is 64.9 Å². The number of fused-ring (bicyclic) bond motifs is 3. The average Bonchev–Trinajstić information content (AvgIpc) is 3.44. The van der Waals surface area contributed by atoms with E-state index >= 15 is 0 Å². The number of hydrogen-bond donors (Lipinski definition) is 5. The molecule has 10 aromatic rings. The van der Waals surface area contributed by atoms with Crippen molar-refractivity contribution < 1.29 is 128 Å². The summed E-state index contributed by atoms with van der Waals surface area (Å²) >= 11 is 0. The molecule has 0 fully saturated rings. The number of nitrogens with zero attached hydrogens (tertiary/aromatic N) is 8. The van der Waals surface area contributed by atoms with Gasteiger partial charge in [-0.1, -0.05) is 42.5 Å². The predicted octanol–water partition coefficient (Wildman–Crippen LogP) is 10.6. The number of carboxylic acids is 1. The van der Waals surface area contributed by atoms with Crippen LogP contribution in [0.4, 0.5) is 17.6 Å². The zero-order valence-electron chi connectivity index (χ0n) is 48.0. The van der Waals surface area contributed by atoms with E-state index in [1.54, 1.807) is 37.3 Å². The van der Waals surface area contributed by atoms with Crippen molar-refractivity contribution in [1.29, 1.82) is 5.26 Å². The first-order valence-corrected chi connectivity index (χ1v) is 25.5. The molecule has 4 unspecified atom stereocenters. The van der Waals surface area contributed by atoms with Gasteiger partial charge >= 0.3 is 12.1 Å². The Kier molecular flexibility index (Phi) is 34.1. The maximum atomic E-state index is 12.9. The van der Waals surface area contributed by atoms with Crippen LogP contribution in [-0.4, -0.2) is 120 Å². The molecule has 0 amide bonds. The van der Waals surface area contributed by atoms with E-state index in [4.69, 9.17) is 30.8 Å². The topological polar surface area (TPSA) is 269 Å². The number of alkyl halides is 3. The number of aliphatic hydroxyl groups is 4. The molecule has 18 nitrogen and oxygen atoms in total. The maximum absolute atomic E-state index is 12.9. The number of hydrogen-bond acceptors (Lipinski definition) is 17. The van der Waals surface area contributed by atoms with Crippen LogP contribution in [0.3, 0.4) is 0 Å². The van der Waals surface area contributed by atoms with Gasteiger partial charge in [0.15, 0.2) is 25.2 Å². The van der Waals surface area contributed by atoms with Gasteiger partial charge in [0.05, 0.1) is 33.1 Å². The summed E-state index contributed by atoms with van der Waals surface area (Å²) in [5.41, 5.74) is 11.4. The van der Waals surface area contributed by atoms with Crippen molar-refractivity contribution in [3.05, 3.63) is 210 Å². The molecular weight excluding hydrogens is 1680 g/mol. The zero-order chi connectivity index (χ0) is 62.1. The number of rotatable bonds is 12. The maximum Gasteiger partial charge on any atom is 0.381 e.